The van der Waals surface area contributed by atoms with Gasteiger partial charge in [0.05, 0.1) is 27.4 Å². The van der Waals surface area contributed by atoms with Gasteiger partial charge in [-0.2, -0.15) is 0 Å². The third-order valence-corrected chi connectivity index (χ3v) is 4.30. The average molecular weight is 382 g/mol. The van der Waals surface area contributed by atoms with Crippen molar-refractivity contribution in [2.75, 3.05) is 41.5 Å². The van der Waals surface area contributed by atoms with Gasteiger partial charge in [-0.25, -0.2) is 0 Å². The van der Waals surface area contributed by atoms with E-state index in [0.717, 1.165) is 31.1 Å². The first kappa shape index (κ1) is 22.9. The quantitative estimate of drug-likeness (QED) is 0.454. The molecule has 0 aliphatic rings. The molecule has 0 aliphatic heterocycles. The second-order valence-corrected chi connectivity index (χ2v) is 6.37. The predicted octanol–water partition coefficient (Wildman–Crippen LogP) is 2.83. The second-order valence-electron chi connectivity index (χ2n) is 6.37. The number of nitrogens with zero attached hydrogens (tertiary/aromatic N) is 1. The van der Waals surface area contributed by atoms with Gasteiger partial charge in [-0.3, -0.25) is 4.99 Å². The van der Waals surface area contributed by atoms with Crippen molar-refractivity contribution >= 4 is 5.96 Å². The molecule has 0 bridgehead atoms. The van der Waals surface area contributed by atoms with Gasteiger partial charge in [0, 0.05) is 32.3 Å². The number of nitrogens with one attached hydrogen (secondary N) is 2. The van der Waals surface area contributed by atoms with E-state index in [1.54, 1.807) is 28.4 Å². The van der Waals surface area contributed by atoms with Crippen LogP contribution in [0.15, 0.2) is 17.1 Å². The van der Waals surface area contributed by atoms with Crippen molar-refractivity contribution in [1.82, 2.24) is 10.6 Å². The van der Waals surface area contributed by atoms with Crippen molar-refractivity contribution in [3.63, 3.8) is 0 Å². The molecule has 0 fully saturated rings. The molecule has 1 atom stereocenters. The Morgan fingerprint density at radius 1 is 1.04 bits per heavy atom. The van der Waals surface area contributed by atoms with Gasteiger partial charge in [0.15, 0.2) is 17.5 Å². The van der Waals surface area contributed by atoms with E-state index >= 15 is 0 Å². The molecule has 0 radical (unpaired) electrons. The molecule has 1 unspecified atom stereocenters. The molecule has 0 amide bonds. The Kier molecular flexibility index (Phi) is 10.4. The highest BCUT2D eigenvalue weighted by Crippen LogP contribution is 2.39. The van der Waals surface area contributed by atoms with Gasteiger partial charge in [-0.1, -0.05) is 13.8 Å². The maximum absolute atomic E-state index is 5.78. The minimum atomic E-state index is 0.242. The standard InChI is InChI=1S/C20H35N3O4/c1-8-27-16(14(2)3)11-12-22-20(21-4)23-13-15-9-10-17(24-5)19(26-7)18(15)25-6/h9-10,14,16H,8,11-13H2,1-7H3,(H2,21,22,23). The van der Waals surface area contributed by atoms with Crippen LogP contribution in [0.2, 0.25) is 0 Å². The highest BCUT2D eigenvalue weighted by atomic mass is 16.5. The summed E-state index contributed by atoms with van der Waals surface area (Å²) in [4.78, 5) is 4.28. The maximum atomic E-state index is 5.78. The Labute approximate surface area is 163 Å². The largest absolute Gasteiger partial charge is 0.493 e. The number of rotatable bonds is 11. The summed E-state index contributed by atoms with van der Waals surface area (Å²) in [5.74, 6) is 3.08. The number of guanidine groups is 1. The monoisotopic (exact) mass is 381 g/mol. The number of hydrogen-bond donors (Lipinski definition) is 2. The van der Waals surface area contributed by atoms with Crippen LogP contribution < -0.4 is 24.8 Å². The smallest absolute Gasteiger partial charge is 0.203 e. The van der Waals surface area contributed by atoms with Crippen molar-refractivity contribution in [3.8, 4) is 17.2 Å². The van der Waals surface area contributed by atoms with Gasteiger partial charge in [0.25, 0.3) is 0 Å². The van der Waals surface area contributed by atoms with Crippen LogP contribution in [0, 0.1) is 5.92 Å². The van der Waals surface area contributed by atoms with Crippen LogP contribution >= 0.6 is 0 Å². The molecule has 0 saturated heterocycles. The van der Waals surface area contributed by atoms with E-state index < -0.39 is 0 Å². The number of aliphatic imine (C=N–C) groups is 1. The molecule has 154 valence electrons. The molecule has 1 aromatic carbocycles. The summed E-state index contributed by atoms with van der Waals surface area (Å²) >= 11 is 0. The fourth-order valence-corrected chi connectivity index (χ4v) is 2.86. The van der Waals surface area contributed by atoms with E-state index in [2.05, 4.69) is 29.5 Å². The first-order chi connectivity index (χ1) is 13.0. The summed E-state index contributed by atoms with van der Waals surface area (Å²) in [5, 5.41) is 6.64. The predicted molar refractivity (Wildman–Crippen MR) is 109 cm³/mol. The van der Waals surface area contributed by atoms with E-state index in [-0.39, 0.29) is 6.10 Å². The van der Waals surface area contributed by atoms with Crippen molar-refractivity contribution in [1.29, 1.82) is 0 Å². The first-order valence-electron chi connectivity index (χ1n) is 9.36. The SMILES string of the molecule is CCOC(CCNC(=NC)NCc1ccc(OC)c(OC)c1OC)C(C)C. The zero-order valence-electron chi connectivity index (χ0n) is 17.7. The van der Waals surface area contributed by atoms with Gasteiger partial charge in [0.1, 0.15) is 0 Å². The third-order valence-electron chi connectivity index (χ3n) is 4.30. The molecule has 0 saturated carbocycles. The van der Waals surface area contributed by atoms with Gasteiger partial charge in [0.2, 0.25) is 5.75 Å². The van der Waals surface area contributed by atoms with Crippen LogP contribution in [0.3, 0.4) is 0 Å². The highest BCUT2D eigenvalue weighted by molar-refractivity contribution is 5.79. The number of methoxy groups -OCH3 is 3. The summed E-state index contributed by atoms with van der Waals surface area (Å²) in [6.45, 7) is 8.44. The molecular formula is C20H35N3O4. The molecule has 7 nitrogen and oxygen atoms in total. The van der Waals surface area contributed by atoms with E-state index in [0.29, 0.717) is 29.7 Å². The van der Waals surface area contributed by atoms with Gasteiger partial charge < -0.3 is 29.6 Å². The van der Waals surface area contributed by atoms with Crippen molar-refractivity contribution in [2.45, 2.75) is 39.8 Å². The van der Waals surface area contributed by atoms with Crippen LogP contribution in [0.5, 0.6) is 17.2 Å². The van der Waals surface area contributed by atoms with Crippen LogP contribution in [0.1, 0.15) is 32.8 Å². The molecule has 0 spiro atoms. The van der Waals surface area contributed by atoms with E-state index in [1.807, 2.05) is 19.1 Å². The molecule has 7 heteroatoms. The molecule has 1 aromatic rings. The lowest BCUT2D eigenvalue weighted by molar-refractivity contribution is 0.0258. The Bertz CT molecular complexity index is 591. The fourth-order valence-electron chi connectivity index (χ4n) is 2.86. The Hall–Kier alpha value is -2.15. The second kappa shape index (κ2) is 12.3. The van der Waals surface area contributed by atoms with Gasteiger partial charge in [-0.05, 0) is 31.4 Å². The fraction of sp³-hybridized carbons (Fsp3) is 0.650. The van der Waals surface area contributed by atoms with Crippen molar-refractivity contribution in [3.05, 3.63) is 17.7 Å². The minimum absolute atomic E-state index is 0.242. The number of hydrogen-bond acceptors (Lipinski definition) is 5. The Morgan fingerprint density at radius 2 is 1.74 bits per heavy atom. The molecule has 0 heterocycles. The normalized spacial score (nSPS) is 12.7. The van der Waals surface area contributed by atoms with E-state index in [1.165, 1.54) is 0 Å². The lowest BCUT2D eigenvalue weighted by atomic mass is 10.0. The van der Waals surface area contributed by atoms with Gasteiger partial charge >= 0.3 is 0 Å². The molecule has 2 N–H and O–H groups in total. The van der Waals surface area contributed by atoms with Crippen LogP contribution in [-0.2, 0) is 11.3 Å². The average Bonchev–Trinajstić information content (AvgIpc) is 2.68. The Balaban J connectivity index is 2.67. The molecular weight excluding hydrogens is 346 g/mol. The zero-order valence-corrected chi connectivity index (χ0v) is 17.7. The van der Waals surface area contributed by atoms with E-state index in [4.69, 9.17) is 18.9 Å². The van der Waals surface area contributed by atoms with Gasteiger partial charge in [-0.15, -0.1) is 0 Å². The van der Waals surface area contributed by atoms with E-state index in [9.17, 15) is 0 Å². The van der Waals surface area contributed by atoms with Crippen molar-refractivity contribution in [2.24, 2.45) is 10.9 Å². The zero-order chi connectivity index (χ0) is 20.2. The molecule has 27 heavy (non-hydrogen) atoms. The lowest BCUT2D eigenvalue weighted by Gasteiger charge is -2.22. The van der Waals surface area contributed by atoms with Crippen LogP contribution in [0.25, 0.3) is 0 Å². The summed E-state index contributed by atoms with van der Waals surface area (Å²) in [5.41, 5.74) is 0.951. The summed E-state index contributed by atoms with van der Waals surface area (Å²) in [7, 11) is 6.58. The topological polar surface area (TPSA) is 73.3 Å². The lowest BCUT2D eigenvalue weighted by Crippen LogP contribution is -2.39. The molecule has 0 aliphatic carbocycles. The maximum Gasteiger partial charge on any atom is 0.203 e. The third kappa shape index (κ3) is 6.82. The summed E-state index contributed by atoms with van der Waals surface area (Å²) in [6, 6.07) is 3.81. The Morgan fingerprint density at radius 3 is 2.26 bits per heavy atom. The van der Waals surface area contributed by atoms with Crippen LogP contribution in [-0.4, -0.2) is 53.6 Å². The minimum Gasteiger partial charge on any atom is -0.493 e. The summed E-state index contributed by atoms with van der Waals surface area (Å²) in [6.07, 6.45) is 1.16. The highest BCUT2D eigenvalue weighted by Gasteiger charge is 2.16. The molecule has 0 aromatic heterocycles. The number of ether oxygens (including phenoxy) is 4. The first-order valence-corrected chi connectivity index (χ1v) is 9.36. The molecule has 1 rings (SSSR count). The number of benzene rings is 1. The summed E-state index contributed by atoms with van der Waals surface area (Å²) < 4.78 is 22.1. The van der Waals surface area contributed by atoms with Crippen molar-refractivity contribution < 1.29 is 18.9 Å². The van der Waals surface area contributed by atoms with Crippen LogP contribution in [0.4, 0.5) is 0 Å².